The number of fused-ring (bicyclic) bond motifs is 1. The Morgan fingerprint density at radius 3 is 2.36 bits per heavy atom. The lowest BCUT2D eigenvalue weighted by Gasteiger charge is -2.14. The van der Waals surface area contributed by atoms with Crippen LogP contribution in [0, 0.1) is 0 Å². The lowest BCUT2D eigenvalue weighted by Crippen LogP contribution is -2.32. The number of ether oxygens (including phenoxy) is 2. The molecule has 0 unspecified atom stereocenters. The van der Waals surface area contributed by atoms with Crippen molar-refractivity contribution >= 4 is 37.4 Å². The Morgan fingerprint density at radius 1 is 1.20 bits per heavy atom. The van der Waals surface area contributed by atoms with Crippen molar-refractivity contribution in [2.45, 2.75) is 19.3 Å². The zero-order valence-corrected chi connectivity index (χ0v) is 15.4. The van der Waals surface area contributed by atoms with Crippen LogP contribution < -0.4 is 14.2 Å². The Labute approximate surface area is 147 Å². The van der Waals surface area contributed by atoms with Crippen LogP contribution in [0.25, 0.3) is 10.1 Å². The first kappa shape index (κ1) is 19.4. The zero-order chi connectivity index (χ0) is 18.8. The number of carbonyl (C=O) groups excluding carboxylic acids is 1. The molecule has 1 heterocycles. The molecular weight excluding hydrogens is 376 g/mol. The minimum atomic E-state index is -4.09. The fourth-order valence-corrected chi connectivity index (χ4v) is 4.34. The van der Waals surface area contributed by atoms with Crippen LogP contribution in [0.2, 0.25) is 0 Å². The van der Waals surface area contributed by atoms with E-state index in [1.54, 1.807) is 16.9 Å². The van der Waals surface area contributed by atoms with E-state index >= 15 is 0 Å². The van der Waals surface area contributed by atoms with E-state index in [4.69, 9.17) is 9.47 Å². The summed E-state index contributed by atoms with van der Waals surface area (Å²) in [5.41, 5.74) is 0. The van der Waals surface area contributed by atoms with Gasteiger partial charge in [0, 0.05) is 24.1 Å². The smallest absolute Gasteiger partial charge is 0.283 e. The van der Waals surface area contributed by atoms with E-state index in [-0.39, 0.29) is 4.88 Å². The molecule has 25 heavy (non-hydrogen) atoms. The number of nitrogens with one attached hydrogen (secondary N) is 1. The summed E-state index contributed by atoms with van der Waals surface area (Å²) in [5, 5.41) is 0.544. The van der Waals surface area contributed by atoms with E-state index in [2.05, 4.69) is 0 Å². The summed E-state index contributed by atoms with van der Waals surface area (Å²) < 4.78 is 64.4. The molecular formula is C15H17F2NO5S2. The number of hydrogen-bond acceptors (Lipinski definition) is 6. The largest absolute Gasteiger partial charge is 0.493 e. The Kier molecular flexibility index (Phi) is 5.52. The standard InChI is InChI=1S/C15H17F2NO5S2/c1-9(19)18-25(20,21)5-4-15(16,17)14-7-10-6-11(22-2)12(23-3)8-13(10)24-14/h6-8H,4-5H2,1-3H3,(H,18,19). The van der Waals surface area contributed by atoms with Crippen molar-refractivity contribution in [1.29, 1.82) is 0 Å². The molecule has 1 aromatic heterocycles. The summed E-state index contributed by atoms with van der Waals surface area (Å²) in [6.45, 7) is 1.00. The van der Waals surface area contributed by atoms with Gasteiger partial charge in [0.1, 0.15) is 0 Å². The van der Waals surface area contributed by atoms with Gasteiger partial charge in [0.05, 0.1) is 24.8 Å². The van der Waals surface area contributed by atoms with Crippen molar-refractivity contribution in [3.05, 3.63) is 23.1 Å². The molecule has 10 heteroatoms. The summed E-state index contributed by atoms with van der Waals surface area (Å²) in [6.07, 6.45) is -0.934. The van der Waals surface area contributed by atoms with Crippen LogP contribution in [-0.4, -0.2) is 34.3 Å². The SMILES string of the molecule is COc1cc2cc(C(F)(F)CCS(=O)(=O)NC(C)=O)sc2cc1OC. The van der Waals surface area contributed by atoms with Gasteiger partial charge in [0.25, 0.3) is 5.92 Å². The molecule has 0 aliphatic rings. The molecule has 0 radical (unpaired) electrons. The van der Waals surface area contributed by atoms with E-state index in [9.17, 15) is 22.0 Å². The Bertz CT molecular complexity index is 852. The molecule has 1 amide bonds. The summed E-state index contributed by atoms with van der Waals surface area (Å²) in [7, 11) is -1.20. The Balaban J connectivity index is 2.28. The highest BCUT2D eigenvalue weighted by atomic mass is 32.2. The van der Waals surface area contributed by atoms with Crippen molar-refractivity contribution in [2.24, 2.45) is 0 Å². The summed E-state index contributed by atoms with van der Waals surface area (Å²) in [4.78, 5) is 10.5. The second kappa shape index (κ2) is 7.12. The third kappa shape index (κ3) is 4.57. The molecule has 2 rings (SSSR count). The first-order valence-electron chi connectivity index (χ1n) is 7.13. The molecule has 0 aliphatic carbocycles. The second-order valence-electron chi connectivity index (χ2n) is 5.29. The quantitative estimate of drug-likeness (QED) is 0.782. The van der Waals surface area contributed by atoms with Gasteiger partial charge in [-0.1, -0.05) is 0 Å². The molecule has 1 N–H and O–H groups in total. The number of rotatable bonds is 7. The summed E-state index contributed by atoms with van der Waals surface area (Å²) in [6, 6.07) is 4.47. The van der Waals surface area contributed by atoms with Gasteiger partial charge in [-0.3, -0.25) is 9.52 Å². The lowest BCUT2D eigenvalue weighted by atomic mass is 10.2. The number of halogens is 2. The van der Waals surface area contributed by atoms with Gasteiger partial charge in [-0.25, -0.2) is 17.2 Å². The van der Waals surface area contributed by atoms with E-state index in [1.807, 2.05) is 0 Å². The average molecular weight is 393 g/mol. The number of thiophene rings is 1. The molecule has 1 aromatic carbocycles. The van der Waals surface area contributed by atoms with Gasteiger partial charge in [-0.2, -0.15) is 0 Å². The number of benzene rings is 1. The minimum absolute atomic E-state index is 0.268. The second-order valence-corrected chi connectivity index (χ2v) is 8.21. The van der Waals surface area contributed by atoms with E-state index in [0.29, 0.717) is 21.6 Å². The molecule has 0 spiro atoms. The molecule has 6 nitrogen and oxygen atoms in total. The van der Waals surface area contributed by atoms with Crippen LogP contribution in [0.3, 0.4) is 0 Å². The summed E-state index contributed by atoms with van der Waals surface area (Å²) >= 11 is 0.850. The topological polar surface area (TPSA) is 81.7 Å². The average Bonchev–Trinajstić information content (AvgIpc) is 2.94. The molecule has 138 valence electrons. The van der Waals surface area contributed by atoms with Crippen molar-refractivity contribution < 1.29 is 31.5 Å². The maximum absolute atomic E-state index is 14.4. The third-order valence-electron chi connectivity index (χ3n) is 3.37. The highest BCUT2D eigenvalue weighted by Crippen LogP contribution is 2.42. The molecule has 0 saturated heterocycles. The maximum Gasteiger partial charge on any atom is 0.283 e. The molecule has 2 aromatic rings. The van der Waals surface area contributed by atoms with Crippen molar-refractivity contribution in [3.63, 3.8) is 0 Å². The van der Waals surface area contributed by atoms with Gasteiger partial charge in [-0.15, -0.1) is 11.3 Å². The molecule has 0 aliphatic heterocycles. The van der Waals surface area contributed by atoms with Crippen LogP contribution in [0.1, 0.15) is 18.2 Å². The molecule has 0 saturated carbocycles. The van der Waals surface area contributed by atoms with Gasteiger partial charge in [-0.05, 0) is 17.5 Å². The van der Waals surface area contributed by atoms with Crippen molar-refractivity contribution in [3.8, 4) is 11.5 Å². The molecule has 0 fully saturated rings. The lowest BCUT2D eigenvalue weighted by molar-refractivity contribution is -0.117. The summed E-state index contributed by atoms with van der Waals surface area (Å²) in [5.74, 6) is -4.20. The van der Waals surface area contributed by atoms with Crippen LogP contribution in [-0.2, 0) is 20.7 Å². The highest BCUT2D eigenvalue weighted by molar-refractivity contribution is 7.90. The van der Waals surface area contributed by atoms with E-state index in [1.165, 1.54) is 20.3 Å². The van der Waals surface area contributed by atoms with Gasteiger partial charge in [0.15, 0.2) is 11.5 Å². The fraction of sp³-hybridized carbons (Fsp3) is 0.400. The van der Waals surface area contributed by atoms with Gasteiger partial charge in [0.2, 0.25) is 15.9 Å². The first-order valence-corrected chi connectivity index (χ1v) is 9.60. The predicted molar refractivity (Wildman–Crippen MR) is 91.0 cm³/mol. The number of amides is 1. The van der Waals surface area contributed by atoms with Crippen molar-refractivity contribution in [1.82, 2.24) is 4.72 Å². The normalized spacial score (nSPS) is 12.2. The highest BCUT2D eigenvalue weighted by Gasteiger charge is 2.35. The van der Waals surface area contributed by atoms with Crippen LogP contribution in [0.4, 0.5) is 8.78 Å². The predicted octanol–water partition coefficient (Wildman–Crippen LogP) is 2.87. The van der Waals surface area contributed by atoms with Crippen LogP contribution >= 0.6 is 11.3 Å². The van der Waals surface area contributed by atoms with E-state index < -0.39 is 34.0 Å². The number of carbonyl (C=O) groups is 1. The van der Waals surface area contributed by atoms with Gasteiger partial charge < -0.3 is 9.47 Å². The zero-order valence-electron chi connectivity index (χ0n) is 13.8. The number of alkyl halides is 2. The minimum Gasteiger partial charge on any atom is -0.493 e. The molecule has 0 bridgehead atoms. The third-order valence-corrected chi connectivity index (χ3v) is 5.92. The van der Waals surface area contributed by atoms with Crippen LogP contribution in [0.15, 0.2) is 18.2 Å². The number of hydrogen-bond donors (Lipinski definition) is 1. The number of methoxy groups -OCH3 is 2. The Hall–Kier alpha value is -1.94. The van der Waals surface area contributed by atoms with Gasteiger partial charge >= 0.3 is 0 Å². The monoisotopic (exact) mass is 393 g/mol. The van der Waals surface area contributed by atoms with Crippen molar-refractivity contribution in [2.75, 3.05) is 20.0 Å². The first-order chi connectivity index (χ1) is 11.6. The molecule has 0 atom stereocenters. The number of sulfonamides is 1. The van der Waals surface area contributed by atoms with E-state index in [0.717, 1.165) is 18.3 Å². The fourth-order valence-electron chi connectivity index (χ4n) is 2.20. The maximum atomic E-state index is 14.4. The Morgan fingerprint density at radius 2 is 1.80 bits per heavy atom. The van der Waals surface area contributed by atoms with Crippen LogP contribution in [0.5, 0.6) is 11.5 Å².